The number of anilines is 3. The van der Waals surface area contributed by atoms with E-state index >= 15 is 0 Å². The van der Waals surface area contributed by atoms with E-state index < -0.39 is 23.7 Å². The molecular weight excluding hydrogens is 506 g/mol. The normalized spacial score (nSPS) is 15.1. The number of hydrogen-bond donors (Lipinski definition) is 3. The summed E-state index contributed by atoms with van der Waals surface area (Å²) in [5.41, 5.74) is 4.07. The monoisotopic (exact) mass is 528 g/mol. The van der Waals surface area contributed by atoms with Crippen LogP contribution in [0.4, 0.5) is 30.8 Å². The lowest BCUT2D eigenvalue weighted by Gasteiger charge is -2.23. The number of amides is 2. The van der Waals surface area contributed by atoms with E-state index in [1.165, 1.54) is 36.9 Å². The fourth-order valence-corrected chi connectivity index (χ4v) is 4.55. The molecule has 2 aromatic carbocycles. The first-order valence-electron chi connectivity index (χ1n) is 12.1. The fourth-order valence-electron chi connectivity index (χ4n) is 4.55. The van der Waals surface area contributed by atoms with Crippen molar-refractivity contribution in [3.05, 3.63) is 90.1 Å². The maximum atomic E-state index is 15.0. The largest absolute Gasteiger partial charge is 0.346 e. The van der Waals surface area contributed by atoms with E-state index in [-0.39, 0.29) is 12.3 Å². The zero-order valence-corrected chi connectivity index (χ0v) is 20.7. The number of halogens is 2. The van der Waals surface area contributed by atoms with Crippen LogP contribution in [-0.4, -0.2) is 42.6 Å². The minimum absolute atomic E-state index is 0.0583. The highest BCUT2D eigenvalue weighted by Gasteiger charge is 2.32. The van der Waals surface area contributed by atoms with Crippen LogP contribution in [0, 0.1) is 18.6 Å². The Hall–Kier alpha value is -4.97. The lowest BCUT2D eigenvalue weighted by molar-refractivity contribution is -0.0830. The molecule has 6 rings (SSSR count). The van der Waals surface area contributed by atoms with Crippen LogP contribution in [0.1, 0.15) is 23.6 Å². The van der Waals surface area contributed by atoms with Gasteiger partial charge in [0.15, 0.2) is 5.65 Å². The van der Waals surface area contributed by atoms with E-state index in [0.29, 0.717) is 51.5 Å². The summed E-state index contributed by atoms with van der Waals surface area (Å²) in [4.78, 5) is 38.9. The average molecular weight is 529 g/mol. The summed E-state index contributed by atoms with van der Waals surface area (Å²) in [6, 6.07) is 11.2. The summed E-state index contributed by atoms with van der Waals surface area (Å²) in [5.74, 6) is -0.568. The Bertz CT molecular complexity index is 1690. The van der Waals surface area contributed by atoms with Crippen molar-refractivity contribution < 1.29 is 18.4 Å². The summed E-state index contributed by atoms with van der Waals surface area (Å²) in [7, 11) is 0. The van der Waals surface area contributed by atoms with Gasteiger partial charge in [-0.25, -0.2) is 33.5 Å². The maximum absolute atomic E-state index is 15.0. The van der Waals surface area contributed by atoms with Gasteiger partial charge in [-0.05, 0) is 54.4 Å². The first-order valence-corrected chi connectivity index (χ1v) is 12.1. The Morgan fingerprint density at radius 3 is 2.85 bits per heavy atom. The standard InChI is InChI=1S/C27H22F2N8O2/c1-15-10-19(29)21(36-27(38)37-22(7-9-39-37)16-4-2-5-17(28)11-16)12-20(15)35-25-18(6-3-8-30-25)23-24-26(33-13-31-23)34-14-32-24/h2-6,8,10-14,22H,7,9H2,1H3,(H,30,35)(H,36,38)(H,31,32,33,34)/t22-/m1/s1. The van der Waals surface area contributed by atoms with Gasteiger partial charge in [0.25, 0.3) is 0 Å². The predicted octanol–water partition coefficient (Wildman–Crippen LogP) is 5.66. The van der Waals surface area contributed by atoms with Crippen LogP contribution >= 0.6 is 0 Å². The second-order valence-corrected chi connectivity index (χ2v) is 8.94. The lowest BCUT2D eigenvalue weighted by atomic mass is 10.0. The van der Waals surface area contributed by atoms with Gasteiger partial charge in [0.1, 0.15) is 35.0 Å². The van der Waals surface area contributed by atoms with Crippen LogP contribution in [0.15, 0.2) is 67.4 Å². The van der Waals surface area contributed by atoms with E-state index in [0.717, 1.165) is 5.06 Å². The molecule has 1 saturated heterocycles. The molecule has 4 heterocycles. The zero-order chi connectivity index (χ0) is 26.9. The molecule has 0 bridgehead atoms. The lowest BCUT2D eigenvalue weighted by Crippen LogP contribution is -2.33. The Morgan fingerprint density at radius 2 is 1.97 bits per heavy atom. The second-order valence-electron chi connectivity index (χ2n) is 8.94. The summed E-state index contributed by atoms with van der Waals surface area (Å²) in [6.07, 6.45) is 5.06. The highest BCUT2D eigenvalue weighted by molar-refractivity contribution is 5.92. The molecule has 3 aromatic heterocycles. The molecule has 5 aromatic rings. The number of H-pyrrole nitrogens is 1. The number of fused-ring (bicyclic) bond motifs is 1. The number of nitrogens with zero attached hydrogens (tertiary/aromatic N) is 5. The van der Waals surface area contributed by atoms with Gasteiger partial charge in [-0.2, -0.15) is 5.06 Å². The van der Waals surface area contributed by atoms with E-state index in [1.54, 1.807) is 31.3 Å². The first kappa shape index (κ1) is 24.4. The van der Waals surface area contributed by atoms with Gasteiger partial charge >= 0.3 is 6.03 Å². The number of carbonyl (C=O) groups excluding carboxylic acids is 1. The summed E-state index contributed by atoms with van der Waals surface area (Å²) in [6.45, 7) is 2.01. The first-order chi connectivity index (χ1) is 19.0. The third kappa shape index (κ3) is 4.73. The van der Waals surface area contributed by atoms with Crippen molar-refractivity contribution in [3.8, 4) is 11.3 Å². The van der Waals surface area contributed by atoms with Crippen molar-refractivity contribution >= 4 is 34.4 Å². The zero-order valence-electron chi connectivity index (χ0n) is 20.7. The number of urea groups is 1. The Morgan fingerprint density at radius 1 is 1.08 bits per heavy atom. The molecule has 1 aliphatic rings. The van der Waals surface area contributed by atoms with Crippen molar-refractivity contribution in [1.82, 2.24) is 30.0 Å². The van der Waals surface area contributed by atoms with Gasteiger partial charge in [0.05, 0.1) is 24.7 Å². The maximum Gasteiger partial charge on any atom is 0.346 e. The molecule has 12 heteroatoms. The third-order valence-electron chi connectivity index (χ3n) is 6.43. The molecule has 2 amide bonds. The Kier molecular flexibility index (Phi) is 6.29. The molecule has 1 atom stereocenters. The number of aromatic nitrogens is 5. The molecule has 0 radical (unpaired) electrons. The molecule has 3 N–H and O–H groups in total. The predicted molar refractivity (Wildman–Crippen MR) is 140 cm³/mol. The van der Waals surface area contributed by atoms with Crippen LogP contribution < -0.4 is 10.6 Å². The number of rotatable bonds is 5. The molecule has 1 aliphatic heterocycles. The van der Waals surface area contributed by atoms with Gasteiger partial charge < -0.3 is 15.6 Å². The molecule has 39 heavy (non-hydrogen) atoms. The summed E-state index contributed by atoms with van der Waals surface area (Å²) in [5, 5.41) is 6.94. The fraction of sp³-hybridized carbons (Fsp3) is 0.148. The number of imidazole rings is 1. The van der Waals surface area contributed by atoms with Crippen molar-refractivity contribution in [2.75, 3.05) is 17.2 Å². The highest BCUT2D eigenvalue weighted by atomic mass is 19.1. The minimum atomic E-state index is -0.670. The molecule has 0 saturated carbocycles. The number of carbonyl (C=O) groups is 1. The second kappa shape index (κ2) is 10.1. The van der Waals surface area contributed by atoms with E-state index in [2.05, 4.69) is 35.6 Å². The van der Waals surface area contributed by atoms with Crippen molar-refractivity contribution in [3.63, 3.8) is 0 Å². The highest BCUT2D eigenvalue weighted by Crippen LogP contribution is 2.34. The molecule has 196 valence electrons. The van der Waals surface area contributed by atoms with Gasteiger partial charge in [0.2, 0.25) is 0 Å². The van der Waals surface area contributed by atoms with Gasteiger partial charge in [-0.15, -0.1) is 0 Å². The van der Waals surface area contributed by atoms with Crippen LogP contribution in [-0.2, 0) is 4.84 Å². The van der Waals surface area contributed by atoms with Gasteiger partial charge in [-0.1, -0.05) is 12.1 Å². The van der Waals surface area contributed by atoms with Crippen LogP contribution in [0.2, 0.25) is 0 Å². The number of nitrogens with one attached hydrogen (secondary N) is 3. The van der Waals surface area contributed by atoms with Crippen molar-refractivity contribution in [2.45, 2.75) is 19.4 Å². The number of aromatic amines is 1. The molecule has 0 aliphatic carbocycles. The number of benzene rings is 2. The van der Waals surface area contributed by atoms with Crippen molar-refractivity contribution in [2.24, 2.45) is 0 Å². The average Bonchev–Trinajstić information content (AvgIpc) is 3.62. The SMILES string of the molecule is Cc1cc(F)c(NC(=O)N2OCC[C@@H]2c2cccc(F)c2)cc1Nc1ncccc1-c1ncnc2nc[nH]c12. The Balaban J connectivity index is 1.28. The molecule has 1 fully saturated rings. The molecular formula is C27H22F2N8O2. The topological polar surface area (TPSA) is 121 Å². The minimum Gasteiger partial charge on any atom is -0.341 e. The van der Waals surface area contributed by atoms with Gasteiger partial charge in [-0.3, -0.25) is 4.84 Å². The number of hydroxylamine groups is 2. The third-order valence-corrected chi connectivity index (χ3v) is 6.43. The van der Waals surface area contributed by atoms with E-state index in [9.17, 15) is 13.6 Å². The number of hydrogen-bond acceptors (Lipinski definition) is 7. The quantitative estimate of drug-likeness (QED) is 0.269. The van der Waals surface area contributed by atoms with Crippen LogP contribution in [0.5, 0.6) is 0 Å². The van der Waals surface area contributed by atoms with E-state index in [4.69, 9.17) is 4.84 Å². The summed E-state index contributed by atoms with van der Waals surface area (Å²) >= 11 is 0. The summed E-state index contributed by atoms with van der Waals surface area (Å²) < 4.78 is 28.8. The van der Waals surface area contributed by atoms with Crippen LogP contribution in [0.25, 0.3) is 22.4 Å². The Labute approximate surface area is 221 Å². The van der Waals surface area contributed by atoms with E-state index in [1.807, 2.05) is 6.07 Å². The number of pyridine rings is 1. The van der Waals surface area contributed by atoms with Crippen LogP contribution in [0.3, 0.4) is 0 Å². The van der Waals surface area contributed by atoms with Gasteiger partial charge in [0, 0.05) is 23.9 Å². The smallest absolute Gasteiger partial charge is 0.341 e. The molecule has 10 nitrogen and oxygen atoms in total. The molecule has 0 spiro atoms. The van der Waals surface area contributed by atoms with Crippen molar-refractivity contribution in [1.29, 1.82) is 0 Å². The molecule has 0 unspecified atom stereocenters. The number of aryl methyl sites for hydroxylation is 1.